The van der Waals surface area contributed by atoms with Crippen LogP contribution in [-0.4, -0.2) is 23.6 Å². The van der Waals surface area contributed by atoms with Crippen LogP contribution < -0.4 is 4.72 Å². The third-order valence-electron chi connectivity index (χ3n) is 2.68. The number of hydrogen-bond donors (Lipinski definition) is 2. The van der Waals surface area contributed by atoms with Gasteiger partial charge in [-0.3, -0.25) is 14.8 Å². The molecule has 0 unspecified atom stereocenters. The minimum atomic E-state index is -3.74. The van der Waals surface area contributed by atoms with Crippen molar-refractivity contribution in [1.29, 1.82) is 0 Å². The van der Waals surface area contributed by atoms with Gasteiger partial charge in [-0.05, 0) is 24.3 Å². The highest BCUT2D eigenvalue weighted by atomic mass is 35.5. The number of aromatic nitrogens is 3. The quantitative estimate of drug-likeness (QED) is 0.777. The number of nitrogens with zero attached hydrogens (tertiary/aromatic N) is 2. The molecule has 20 heavy (non-hydrogen) atoms. The van der Waals surface area contributed by atoms with Crippen LogP contribution in [0.5, 0.6) is 0 Å². The molecule has 0 bridgehead atoms. The van der Waals surface area contributed by atoms with Crippen LogP contribution in [0.3, 0.4) is 0 Å². The molecule has 8 heteroatoms. The number of anilines is 1. The number of pyridine rings is 1. The van der Waals surface area contributed by atoms with Crippen molar-refractivity contribution >= 4 is 38.2 Å². The normalized spacial score (nSPS) is 11.7. The molecule has 0 spiro atoms. The average molecular weight is 309 g/mol. The van der Waals surface area contributed by atoms with Gasteiger partial charge in [-0.25, -0.2) is 0 Å². The number of H-pyrrole nitrogens is 1. The maximum atomic E-state index is 12.2. The third-order valence-corrected chi connectivity index (χ3v) is 4.19. The van der Waals surface area contributed by atoms with Crippen molar-refractivity contribution < 1.29 is 8.42 Å². The van der Waals surface area contributed by atoms with Gasteiger partial charge in [-0.1, -0.05) is 17.7 Å². The molecule has 0 saturated heterocycles. The molecule has 2 aromatic heterocycles. The number of rotatable bonds is 3. The molecule has 2 N–H and O–H groups in total. The molecule has 102 valence electrons. The summed E-state index contributed by atoms with van der Waals surface area (Å²) in [7, 11) is -3.74. The van der Waals surface area contributed by atoms with Crippen molar-refractivity contribution in [3.63, 3.8) is 0 Å². The Labute approximate surface area is 119 Å². The lowest BCUT2D eigenvalue weighted by Gasteiger charge is -2.09. The summed E-state index contributed by atoms with van der Waals surface area (Å²) in [6.45, 7) is 0. The molecule has 0 aliphatic rings. The fourth-order valence-electron chi connectivity index (χ4n) is 1.83. The lowest BCUT2D eigenvalue weighted by Crippen LogP contribution is -2.14. The maximum absolute atomic E-state index is 12.2. The molecule has 3 rings (SSSR count). The van der Waals surface area contributed by atoms with E-state index in [1.165, 1.54) is 18.3 Å². The minimum absolute atomic E-state index is 0.0263. The van der Waals surface area contributed by atoms with E-state index >= 15 is 0 Å². The van der Waals surface area contributed by atoms with Crippen LogP contribution >= 0.6 is 11.6 Å². The van der Waals surface area contributed by atoms with Crippen LogP contribution in [0.4, 0.5) is 5.69 Å². The van der Waals surface area contributed by atoms with E-state index in [1.54, 1.807) is 18.3 Å². The van der Waals surface area contributed by atoms with Gasteiger partial charge in [0.1, 0.15) is 0 Å². The lowest BCUT2D eigenvalue weighted by molar-refractivity contribution is 0.597. The molecule has 1 aromatic carbocycles. The van der Waals surface area contributed by atoms with Gasteiger partial charge in [0.2, 0.25) is 0 Å². The van der Waals surface area contributed by atoms with Gasteiger partial charge >= 0.3 is 0 Å². The number of benzene rings is 1. The first-order valence-corrected chi connectivity index (χ1v) is 7.49. The van der Waals surface area contributed by atoms with Gasteiger partial charge < -0.3 is 0 Å². The second-order valence-corrected chi connectivity index (χ2v) is 6.14. The predicted octanol–water partition coefficient (Wildman–Crippen LogP) is 2.41. The Balaban J connectivity index is 2.12. The van der Waals surface area contributed by atoms with E-state index in [0.29, 0.717) is 16.2 Å². The largest absolute Gasteiger partial charge is 0.278 e. The number of hydrogen-bond acceptors (Lipinski definition) is 4. The fraction of sp³-hybridized carbons (Fsp3) is 0. The Hall–Kier alpha value is -2.12. The Bertz CT molecular complexity index is 862. The molecule has 2 heterocycles. The first kappa shape index (κ1) is 12.9. The zero-order chi connectivity index (χ0) is 14.2. The molecular weight excluding hydrogens is 300 g/mol. The zero-order valence-corrected chi connectivity index (χ0v) is 11.6. The summed E-state index contributed by atoms with van der Waals surface area (Å²) < 4.78 is 26.8. The smallest absolute Gasteiger partial charge is 0.276 e. The first-order chi connectivity index (χ1) is 9.56. The number of nitrogens with one attached hydrogen (secondary N) is 2. The van der Waals surface area contributed by atoms with E-state index in [9.17, 15) is 8.42 Å². The van der Waals surface area contributed by atoms with Gasteiger partial charge in [-0.2, -0.15) is 13.5 Å². The van der Waals surface area contributed by atoms with Crippen LogP contribution in [0.2, 0.25) is 5.02 Å². The molecule has 0 aliphatic carbocycles. The zero-order valence-electron chi connectivity index (χ0n) is 10.0. The monoisotopic (exact) mass is 308 g/mol. The van der Waals surface area contributed by atoms with Crippen molar-refractivity contribution in [3.05, 3.63) is 47.7 Å². The van der Waals surface area contributed by atoms with Crippen LogP contribution in [0.1, 0.15) is 0 Å². The Morgan fingerprint density at radius 2 is 2.05 bits per heavy atom. The second-order valence-electron chi connectivity index (χ2n) is 4.05. The van der Waals surface area contributed by atoms with Gasteiger partial charge in [0, 0.05) is 16.6 Å². The molecule has 0 radical (unpaired) electrons. The summed E-state index contributed by atoms with van der Waals surface area (Å²) in [6, 6.07) is 8.17. The van der Waals surface area contributed by atoms with Crippen LogP contribution in [-0.2, 0) is 10.0 Å². The molecule has 0 fully saturated rings. The van der Waals surface area contributed by atoms with Gasteiger partial charge in [0.05, 0.1) is 17.4 Å². The molecule has 0 atom stereocenters. The van der Waals surface area contributed by atoms with E-state index in [0.717, 1.165) is 5.39 Å². The standard InChI is InChI=1S/C12H9ClN4O2S/c13-9-6-8-2-1-4-14-12(8)10(7-9)17-20(18,19)11-3-5-15-16-11/h1-7,17H,(H,15,16). The van der Waals surface area contributed by atoms with Gasteiger partial charge in [0.15, 0.2) is 5.03 Å². The van der Waals surface area contributed by atoms with Crippen LogP contribution in [0.15, 0.2) is 47.8 Å². The number of halogens is 1. The number of aromatic amines is 1. The van der Waals surface area contributed by atoms with Crippen LogP contribution in [0.25, 0.3) is 10.9 Å². The molecule has 3 aromatic rings. The Morgan fingerprint density at radius 3 is 2.80 bits per heavy atom. The summed E-state index contributed by atoms with van der Waals surface area (Å²) in [6.07, 6.45) is 2.95. The van der Waals surface area contributed by atoms with Crippen molar-refractivity contribution in [2.24, 2.45) is 0 Å². The summed E-state index contributed by atoms with van der Waals surface area (Å²) in [5.74, 6) is 0. The van der Waals surface area contributed by atoms with Crippen molar-refractivity contribution in [2.45, 2.75) is 5.03 Å². The highest BCUT2D eigenvalue weighted by Crippen LogP contribution is 2.27. The Morgan fingerprint density at radius 1 is 1.20 bits per heavy atom. The summed E-state index contributed by atoms with van der Waals surface area (Å²) in [5, 5.41) is 7.18. The molecule has 0 aliphatic heterocycles. The van der Waals surface area contributed by atoms with E-state index < -0.39 is 10.0 Å². The van der Waals surface area contributed by atoms with Gasteiger partial charge in [0.25, 0.3) is 10.0 Å². The molecular formula is C12H9ClN4O2S. The Kier molecular flexibility index (Phi) is 3.07. The summed E-state index contributed by atoms with van der Waals surface area (Å²) in [4.78, 5) is 4.18. The average Bonchev–Trinajstić information content (AvgIpc) is 2.92. The van der Waals surface area contributed by atoms with Crippen molar-refractivity contribution in [2.75, 3.05) is 4.72 Å². The molecule has 6 nitrogen and oxygen atoms in total. The summed E-state index contributed by atoms with van der Waals surface area (Å²) in [5.41, 5.74) is 0.850. The minimum Gasteiger partial charge on any atom is -0.276 e. The molecule has 0 saturated carbocycles. The topological polar surface area (TPSA) is 87.7 Å². The van der Waals surface area contributed by atoms with Crippen LogP contribution in [0, 0.1) is 0 Å². The van der Waals surface area contributed by atoms with E-state index in [1.807, 2.05) is 6.07 Å². The number of fused-ring (bicyclic) bond motifs is 1. The molecule has 0 amide bonds. The fourth-order valence-corrected chi connectivity index (χ4v) is 3.02. The highest BCUT2D eigenvalue weighted by molar-refractivity contribution is 7.92. The van der Waals surface area contributed by atoms with E-state index in [-0.39, 0.29) is 5.03 Å². The number of sulfonamides is 1. The third kappa shape index (κ3) is 2.33. The summed E-state index contributed by atoms with van der Waals surface area (Å²) >= 11 is 5.99. The second kappa shape index (κ2) is 4.77. The highest BCUT2D eigenvalue weighted by Gasteiger charge is 2.17. The van der Waals surface area contributed by atoms with Crippen molar-refractivity contribution in [1.82, 2.24) is 15.2 Å². The first-order valence-electron chi connectivity index (χ1n) is 5.63. The van der Waals surface area contributed by atoms with Gasteiger partial charge in [-0.15, -0.1) is 0 Å². The van der Waals surface area contributed by atoms with E-state index in [4.69, 9.17) is 11.6 Å². The predicted molar refractivity (Wildman–Crippen MR) is 76.1 cm³/mol. The maximum Gasteiger partial charge on any atom is 0.278 e. The van der Waals surface area contributed by atoms with E-state index in [2.05, 4.69) is 19.9 Å². The SMILES string of the molecule is O=S(=O)(Nc1cc(Cl)cc2cccnc12)c1ccn[nH]1. The lowest BCUT2D eigenvalue weighted by atomic mass is 10.2. The van der Waals surface area contributed by atoms with Crippen molar-refractivity contribution in [3.8, 4) is 0 Å².